The summed E-state index contributed by atoms with van der Waals surface area (Å²) in [4.78, 5) is 2.44. The highest BCUT2D eigenvalue weighted by Gasteiger charge is 2.19. The number of hydrogen-bond acceptors (Lipinski definition) is 2. The van der Waals surface area contributed by atoms with E-state index >= 15 is 0 Å². The molecule has 20 heavy (non-hydrogen) atoms. The van der Waals surface area contributed by atoms with Gasteiger partial charge in [0.05, 0.1) is 0 Å². The molecule has 1 aromatic carbocycles. The van der Waals surface area contributed by atoms with Gasteiger partial charge >= 0.3 is 0 Å². The van der Waals surface area contributed by atoms with E-state index < -0.39 is 0 Å². The van der Waals surface area contributed by atoms with Crippen LogP contribution < -0.4 is 5.32 Å². The minimum atomic E-state index is -0.0954. The van der Waals surface area contributed by atoms with Crippen molar-refractivity contribution < 1.29 is 4.39 Å². The van der Waals surface area contributed by atoms with Crippen molar-refractivity contribution in [2.75, 3.05) is 13.1 Å². The van der Waals surface area contributed by atoms with E-state index in [-0.39, 0.29) is 5.82 Å². The fourth-order valence-corrected chi connectivity index (χ4v) is 2.79. The van der Waals surface area contributed by atoms with E-state index in [4.69, 9.17) is 0 Å². The summed E-state index contributed by atoms with van der Waals surface area (Å²) in [6, 6.07) is 6.66. The highest BCUT2D eigenvalue weighted by Crippen LogP contribution is 2.15. The van der Waals surface area contributed by atoms with Crippen molar-refractivity contribution in [3.63, 3.8) is 0 Å². The molecular formula is C17H27FN2. The summed E-state index contributed by atoms with van der Waals surface area (Å²) >= 11 is 0. The zero-order chi connectivity index (χ0) is 14.5. The smallest absolute Gasteiger partial charge is 0.126 e. The number of benzene rings is 1. The van der Waals surface area contributed by atoms with Crippen LogP contribution in [0.2, 0.25) is 0 Å². The average Bonchev–Trinajstić information content (AvgIpc) is 2.43. The molecule has 0 bridgehead atoms. The van der Waals surface area contributed by atoms with Crippen molar-refractivity contribution in [1.82, 2.24) is 10.2 Å². The fourth-order valence-electron chi connectivity index (χ4n) is 2.79. The van der Waals surface area contributed by atoms with E-state index in [9.17, 15) is 4.39 Å². The Morgan fingerprint density at radius 3 is 2.75 bits per heavy atom. The van der Waals surface area contributed by atoms with Gasteiger partial charge in [-0.1, -0.05) is 18.6 Å². The summed E-state index contributed by atoms with van der Waals surface area (Å²) in [5, 5.41) is 3.59. The summed E-state index contributed by atoms with van der Waals surface area (Å²) in [7, 11) is 0. The predicted octanol–water partition coefficient (Wildman–Crippen LogP) is 3.49. The average molecular weight is 278 g/mol. The Balaban J connectivity index is 1.99. The second-order valence-corrected chi connectivity index (χ2v) is 6.25. The van der Waals surface area contributed by atoms with Crippen molar-refractivity contribution in [3.05, 3.63) is 35.1 Å². The van der Waals surface area contributed by atoms with Crippen LogP contribution in [-0.2, 0) is 6.54 Å². The molecule has 2 nitrogen and oxygen atoms in total. The second kappa shape index (κ2) is 7.19. The van der Waals surface area contributed by atoms with Gasteiger partial charge in [0.25, 0.3) is 0 Å². The van der Waals surface area contributed by atoms with Gasteiger partial charge in [-0.15, -0.1) is 0 Å². The van der Waals surface area contributed by atoms with Gasteiger partial charge in [0, 0.05) is 25.2 Å². The van der Waals surface area contributed by atoms with Gasteiger partial charge in [0.15, 0.2) is 0 Å². The Labute approximate surface area is 122 Å². The normalized spacial score (nSPS) is 19.8. The van der Waals surface area contributed by atoms with Crippen molar-refractivity contribution in [1.29, 1.82) is 0 Å². The first-order valence-corrected chi connectivity index (χ1v) is 7.78. The first-order valence-electron chi connectivity index (χ1n) is 7.78. The molecule has 0 spiro atoms. The van der Waals surface area contributed by atoms with Crippen LogP contribution in [-0.4, -0.2) is 30.1 Å². The van der Waals surface area contributed by atoms with Gasteiger partial charge in [-0.25, -0.2) is 4.39 Å². The van der Waals surface area contributed by atoms with Crippen molar-refractivity contribution in [2.45, 2.75) is 58.7 Å². The van der Waals surface area contributed by atoms with Gasteiger partial charge in [0.2, 0.25) is 0 Å². The van der Waals surface area contributed by atoms with E-state index in [1.807, 2.05) is 19.1 Å². The van der Waals surface area contributed by atoms with E-state index in [1.165, 1.54) is 19.3 Å². The molecule has 1 N–H and O–H groups in total. The molecule has 0 aliphatic carbocycles. The SMILES string of the molecule is Cc1ccc(CN(CC2CCCCN2)C(C)C)cc1F. The summed E-state index contributed by atoms with van der Waals surface area (Å²) in [6.07, 6.45) is 3.87. The molecule has 1 atom stereocenters. The third-order valence-corrected chi connectivity index (χ3v) is 4.22. The fraction of sp³-hybridized carbons (Fsp3) is 0.647. The number of nitrogens with one attached hydrogen (secondary N) is 1. The molecule has 1 heterocycles. The molecule has 1 unspecified atom stereocenters. The number of piperidine rings is 1. The molecule has 1 aliphatic heterocycles. The van der Waals surface area contributed by atoms with Crippen LogP contribution in [0.25, 0.3) is 0 Å². The van der Waals surface area contributed by atoms with Gasteiger partial charge in [-0.3, -0.25) is 4.90 Å². The van der Waals surface area contributed by atoms with E-state index in [0.29, 0.717) is 12.1 Å². The lowest BCUT2D eigenvalue weighted by molar-refractivity contribution is 0.177. The first-order chi connectivity index (χ1) is 9.56. The lowest BCUT2D eigenvalue weighted by Crippen LogP contribution is -2.45. The number of aryl methyl sites for hydroxylation is 1. The number of hydrogen-bond donors (Lipinski definition) is 1. The number of rotatable bonds is 5. The molecule has 0 aromatic heterocycles. The van der Waals surface area contributed by atoms with Crippen molar-refractivity contribution in [3.8, 4) is 0 Å². The topological polar surface area (TPSA) is 15.3 Å². The standard InChI is InChI=1S/C17H27FN2/c1-13(2)20(12-16-6-4-5-9-19-16)11-15-8-7-14(3)17(18)10-15/h7-8,10,13,16,19H,4-6,9,11-12H2,1-3H3. The monoisotopic (exact) mass is 278 g/mol. The van der Waals surface area contributed by atoms with Gasteiger partial charge < -0.3 is 5.32 Å². The van der Waals surface area contributed by atoms with E-state index in [0.717, 1.165) is 30.8 Å². The molecule has 1 fully saturated rings. The second-order valence-electron chi connectivity index (χ2n) is 6.25. The Kier molecular flexibility index (Phi) is 5.55. The molecule has 112 valence electrons. The maximum atomic E-state index is 13.7. The Morgan fingerprint density at radius 1 is 1.35 bits per heavy atom. The van der Waals surface area contributed by atoms with Crippen LogP contribution in [0.1, 0.15) is 44.2 Å². The molecular weight excluding hydrogens is 251 g/mol. The highest BCUT2D eigenvalue weighted by atomic mass is 19.1. The molecule has 1 aromatic rings. The Bertz CT molecular complexity index is 425. The number of halogens is 1. The molecule has 2 rings (SSSR count). The zero-order valence-electron chi connectivity index (χ0n) is 13.0. The van der Waals surface area contributed by atoms with E-state index in [2.05, 4.69) is 24.1 Å². The Morgan fingerprint density at radius 2 is 2.15 bits per heavy atom. The minimum Gasteiger partial charge on any atom is -0.313 e. The molecule has 0 saturated carbocycles. The van der Waals surface area contributed by atoms with Crippen molar-refractivity contribution in [2.24, 2.45) is 0 Å². The quantitative estimate of drug-likeness (QED) is 0.887. The first kappa shape index (κ1) is 15.5. The van der Waals surface area contributed by atoms with Crippen LogP contribution in [0, 0.1) is 12.7 Å². The lowest BCUT2D eigenvalue weighted by Gasteiger charge is -2.33. The van der Waals surface area contributed by atoms with Crippen LogP contribution in [0.4, 0.5) is 4.39 Å². The molecule has 1 aliphatic rings. The number of nitrogens with zero attached hydrogens (tertiary/aromatic N) is 1. The molecule has 3 heteroatoms. The van der Waals surface area contributed by atoms with Crippen LogP contribution in [0.5, 0.6) is 0 Å². The molecule has 0 amide bonds. The lowest BCUT2D eigenvalue weighted by atomic mass is 10.0. The summed E-state index contributed by atoms with van der Waals surface area (Å²) in [6.45, 7) is 9.25. The van der Waals surface area contributed by atoms with Gasteiger partial charge in [0.1, 0.15) is 5.82 Å². The molecule has 0 radical (unpaired) electrons. The predicted molar refractivity (Wildman–Crippen MR) is 82.3 cm³/mol. The summed E-state index contributed by atoms with van der Waals surface area (Å²) < 4.78 is 13.7. The molecule has 1 saturated heterocycles. The maximum Gasteiger partial charge on any atom is 0.126 e. The summed E-state index contributed by atoms with van der Waals surface area (Å²) in [5.74, 6) is -0.0954. The van der Waals surface area contributed by atoms with Gasteiger partial charge in [-0.2, -0.15) is 0 Å². The van der Waals surface area contributed by atoms with Crippen LogP contribution >= 0.6 is 0 Å². The van der Waals surface area contributed by atoms with Crippen molar-refractivity contribution >= 4 is 0 Å². The maximum absolute atomic E-state index is 13.7. The third kappa shape index (κ3) is 4.29. The Hall–Kier alpha value is -0.930. The summed E-state index contributed by atoms with van der Waals surface area (Å²) in [5.41, 5.74) is 1.79. The largest absolute Gasteiger partial charge is 0.313 e. The van der Waals surface area contributed by atoms with Gasteiger partial charge in [-0.05, 0) is 57.4 Å². The third-order valence-electron chi connectivity index (χ3n) is 4.22. The minimum absolute atomic E-state index is 0.0954. The highest BCUT2D eigenvalue weighted by molar-refractivity contribution is 5.23. The van der Waals surface area contributed by atoms with E-state index in [1.54, 1.807) is 6.07 Å². The van der Waals surface area contributed by atoms with Crippen LogP contribution in [0.15, 0.2) is 18.2 Å². The zero-order valence-corrected chi connectivity index (χ0v) is 13.0. The van der Waals surface area contributed by atoms with Crippen LogP contribution in [0.3, 0.4) is 0 Å².